The summed E-state index contributed by atoms with van der Waals surface area (Å²) in [6.07, 6.45) is 8.34. The first-order chi connectivity index (χ1) is 16.4. The number of nitrogens with one attached hydrogen (secondary N) is 2. The highest BCUT2D eigenvalue weighted by molar-refractivity contribution is 5.99. The number of ether oxygens (including phenoxy) is 1. The van der Waals surface area contributed by atoms with Crippen LogP contribution in [0.4, 0.5) is 0 Å². The number of rotatable bonds is 9. The Morgan fingerprint density at radius 1 is 1.03 bits per heavy atom. The van der Waals surface area contributed by atoms with Crippen molar-refractivity contribution < 1.29 is 19.1 Å². The van der Waals surface area contributed by atoms with Crippen LogP contribution < -0.4 is 11.1 Å². The zero-order valence-electron chi connectivity index (χ0n) is 20.2. The Balaban J connectivity index is 1.63. The van der Waals surface area contributed by atoms with Crippen LogP contribution in [-0.4, -0.2) is 54.3 Å². The molecule has 2 amide bonds. The molecule has 34 heavy (non-hydrogen) atoms. The first-order valence-electron chi connectivity index (χ1n) is 12.6. The van der Waals surface area contributed by atoms with Crippen molar-refractivity contribution in [3.05, 3.63) is 35.4 Å². The summed E-state index contributed by atoms with van der Waals surface area (Å²) in [7, 11) is 0. The minimum atomic E-state index is -0.565. The van der Waals surface area contributed by atoms with E-state index in [0.717, 1.165) is 25.7 Å². The van der Waals surface area contributed by atoms with Gasteiger partial charge in [-0.1, -0.05) is 44.2 Å². The number of hydrogen-bond acceptors (Lipinski definition) is 5. The average Bonchev–Trinajstić information content (AvgIpc) is 2.84. The predicted molar refractivity (Wildman–Crippen MR) is 130 cm³/mol. The zero-order chi connectivity index (χ0) is 24.5. The van der Waals surface area contributed by atoms with Crippen molar-refractivity contribution in [3.8, 4) is 0 Å². The maximum Gasteiger partial charge on any atom is 0.306 e. The fourth-order valence-electron chi connectivity index (χ4n) is 5.05. The van der Waals surface area contributed by atoms with E-state index in [1.54, 1.807) is 31.2 Å². The Bertz CT molecular complexity index is 856. The van der Waals surface area contributed by atoms with Crippen LogP contribution in [-0.2, 0) is 14.3 Å². The summed E-state index contributed by atoms with van der Waals surface area (Å²) in [5.41, 5.74) is 6.50. The largest absolute Gasteiger partial charge is 0.466 e. The molecular weight excluding hydrogens is 432 g/mol. The van der Waals surface area contributed by atoms with Crippen LogP contribution in [0.2, 0.25) is 0 Å². The molecule has 1 saturated heterocycles. The molecule has 1 heterocycles. The van der Waals surface area contributed by atoms with Crippen molar-refractivity contribution in [3.63, 3.8) is 0 Å². The van der Waals surface area contributed by atoms with Gasteiger partial charge in [-0.3, -0.25) is 19.8 Å². The van der Waals surface area contributed by atoms with Crippen LogP contribution in [0.5, 0.6) is 0 Å². The SMILES string of the molecule is CCOC(=O)CC1CCN(C(=O)[C@@H](CC2CCCCC2)NC(=O)c2ccc(C(=N)N)cc2)CC1. The van der Waals surface area contributed by atoms with Crippen molar-refractivity contribution in [2.75, 3.05) is 19.7 Å². The number of carbonyl (C=O) groups excluding carboxylic acids is 3. The Hall–Kier alpha value is -2.90. The van der Waals surface area contributed by atoms with E-state index in [2.05, 4.69) is 5.32 Å². The average molecular weight is 471 g/mol. The van der Waals surface area contributed by atoms with E-state index < -0.39 is 6.04 Å². The van der Waals surface area contributed by atoms with Gasteiger partial charge in [-0.05, 0) is 50.2 Å². The summed E-state index contributed by atoms with van der Waals surface area (Å²) >= 11 is 0. The lowest BCUT2D eigenvalue weighted by Crippen LogP contribution is -2.51. The maximum atomic E-state index is 13.5. The van der Waals surface area contributed by atoms with E-state index in [4.69, 9.17) is 15.9 Å². The number of esters is 1. The number of piperidine rings is 1. The Morgan fingerprint density at radius 2 is 1.65 bits per heavy atom. The lowest BCUT2D eigenvalue weighted by molar-refractivity contribution is -0.144. The van der Waals surface area contributed by atoms with E-state index in [9.17, 15) is 14.4 Å². The number of likely N-dealkylation sites (tertiary alicyclic amines) is 1. The topological polar surface area (TPSA) is 126 Å². The van der Waals surface area contributed by atoms with Gasteiger partial charge in [0.25, 0.3) is 5.91 Å². The quantitative estimate of drug-likeness (QED) is 0.290. The summed E-state index contributed by atoms with van der Waals surface area (Å²) in [6, 6.07) is 5.99. The molecule has 4 N–H and O–H groups in total. The fraction of sp³-hybridized carbons (Fsp3) is 0.615. The Kier molecular flexibility index (Phi) is 9.48. The molecule has 1 atom stereocenters. The van der Waals surface area contributed by atoms with E-state index >= 15 is 0 Å². The van der Waals surface area contributed by atoms with E-state index in [1.807, 2.05) is 4.90 Å². The third kappa shape index (κ3) is 7.30. The third-order valence-electron chi connectivity index (χ3n) is 7.04. The normalized spacial score (nSPS) is 18.2. The first-order valence-corrected chi connectivity index (χ1v) is 12.6. The predicted octanol–water partition coefficient (Wildman–Crippen LogP) is 3.23. The van der Waals surface area contributed by atoms with Gasteiger partial charge in [-0.15, -0.1) is 0 Å². The first kappa shape index (κ1) is 25.7. The number of hydrogen-bond donors (Lipinski definition) is 3. The lowest BCUT2D eigenvalue weighted by atomic mass is 9.84. The van der Waals surface area contributed by atoms with Crippen molar-refractivity contribution in [1.29, 1.82) is 5.41 Å². The van der Waals surface area contributed by atoms with Gasteiger partial charge in [-0.25, -0.2) is 0 Å². The fourth-order valence-corrected chi connectivity index (χ4v) is 5.05. The molecule has 1 aromatic rings. The van der Waals surface area contributed by atoms with Crippen LogP contribution >= 0.6 is 0 Å². The number of carbonyl (C=O) groups is 3. The van der Waals surface area contributed by atoms with Crippen LogP contribution in [0.25, 0.3) is 0 Å². The van der Waals surface area contributed by atoms with Gasteiger partial charge in [0.05, 0.1) is 6.61 Å². The highest BCUT2D eigenvalue weighted by Crippen LogP contribution is 2.29. The van der Waals surface area contributed by atoms with Crippen LogP contribution in [0.3, 0.4) is 0 Å². The van der Waals surface area contributed by atoms with E-state index in [-0.39, 0.29) is 29.5 Å². The molecule has 186 valence electrons. The van der Waals surface area contributed by atoms with E-state index in [1.165, 1.54) is 19.3 Å². The van der Waals surface area contributed by atoms with Crippen molar-refractivity contribution in [2.24, 2.45) is 17.6 Å². The van der Waals surface area contributed by atoms with Gasteiger partial charge in [0.2, 0.25) is 5.91 Å². The van der Waals surface area contributed by atoms with Gasteiger partial charge in [0, 0.05) is 30.6 Å². The number of amidine groups is 1. The number of nitrogen functional groups attached to an aromatic ring is 1. The molecular formula is C26H38N4O4. The van der Waals surface area contributed by atoms with Crippen LogP contribution in [0.1, 0.15) is 80.6 Å². The summed E-state index contributed by atoms with van der Waals surface area (Å²) in [6.45, 7) is 3.37. The highest BCUT2D eigenvalue weighted by atomic mass is 16.5. The van der Waals surface area contributed by atoms with Gasteiger partial charge < -0.3 is 20.7 Å². The summed E-state index contributed by atoms with van der Waals surface area (Å²) in [5, 5.41) is 10.5. The third-order valence-corrected chi connectivity index (χ3v) is 7.04. The standard InChI is InChI=1S/C26H38N4O4/c1-2-34-23(31)17-19-12-14-30(15-13-19)26(33)22(16-18-6-4-3-5-7-18)29-25(32)21-10-8-20(9-11-21)24(27)28/h8-11,18-19,22H,2-7,12-17H2,1H3,(H3,27,28)(H,29,32)/t22-/m1/s1. The van der Waals surface area contributed by atoms with Crippen molar-refractivity contribution in [1.82, 2.24) is 10.2 Å². The number of nitrogens with two attached hydrogens (primary N) is 1. The van der Waals surface area contributed by atoms with Crippen LogP contribution in [0, 0.1) is 17.2 Å². The second kappa shape index (κ2) is 12.5. The van der Waals surface area contributed by atoms with Crippen molar-refractivity contribution >= 4 is 23.6 Å². The minimum Gasteiger partial charge on any atom is -0.466 e. The molecule has 2 fully saturated rings. The molecule has 2 aliphatic rings. The van der Waals surface area contributed by atoms with E-state index in [0.29, 0.717) is 49.6 Å². The van der Waals surface area contributed by atoms with Gasteiger partial charge in [0.1, 0.15) is 11.9 Å². The second-order valence-corrected chi connectivity index (χ2v) is 9.53. The smallest absolute Gasteiger partial charge is 0.306 e. The molecule has 1 aliphatic heterocycles. The van der Waals surface area contributed by atoms with Crippen molar-refractivity contribution in [2.45, 2.75) is 70.8 Å². The summed E-state index contributed by atoms with van der Waals surface area (Å²) in [5.74, 6) is 0.114. The molecule has 0 unspecified atom stereocenters. The molecule has 3 rings (SSSR count). The second-order valence-electron chi connectivity index (χ2n) is 9.53. The molecule has 1 aromatic carbocycles. The van der Waals surface area contributed by atoms with Gasteiger partial charge in [0.15, 0.2) is 0 Å². The maximum absolute atomic E-state index is 13.5. The highest BCUT2D eigenvalue weighted by Gasteiger charge is 2.32. The number of nitrogens with zero attached hydrogens (tertiary/aromatic N) is 1. The minimum absolute atomic E-state index is 0.0335. The monoisotopic (exact) mass is 470 g/mol. The molecule has 0 bridgehead atoms. The molecule has 8 nitrogen and oxygen atoms in total. The Labute approximate surface area is 202 Å². The zero-order valence-corrected chi connectivity index (χ0v) is 20.2. The lowest BCUT2D eigenvalue weighted by Gasteiger charge is -2.35. The number of amides is 2. The molecule has 1 aliphatic carbocycles. The molecule has 8 heteroatoms. The summed E-state index contributed by atoms with van der Waals surface area (Å²) < 4.78 is 5.06. The van der Waals surface area contributed by atoms with Gasteiger partial charge in [-0.2, -0.15) is 0 Å². The number of benzene rings is 1. The van der Waals surface area contributed by atoms with Gasteiger partial charge >= 0.3 is 5.97 Å². The molecule has 1 saturated carbocycles. The molecule has 0 radical (unpaired) electrons. The summed E-state index contributed by atoms with van der Waals surface area (Å²) in [4.78, 5) is 40.1. The Morgan fingerprint density at radius 3 is 2.24 bits per heavy atom. The molecule has 0 spiro atoms. The molecule has 0 aromatic heterocycles. The van der Waals surface area contributed by atoms with Crippen LogP contribution in [0.15, 0.2) is 24.3 Å².